The third kappa shape index (κ3) is 5.17. The fraction of sp³-hybridized carbons (Fsp3) is 0.833. The van der Waals surface area contributed by atoms with Crippen LogP contribution in [0.2, 0.25) is 0 Å². The van der Waals surface area contributed by atoms with Gasteiger partial charge in [-0.1, -0.05) is 13.8 Å². The summed E-state index contributed by atoms with van der Waals surface area (Å²) < 4.78 is 0. The van der Waals surface area contributed by atoms with E-state index in [1.807, 2.05) is 6.92 Å². The molecule has 0 spiro atoms. The Balaban J connectivity index is 4.18. The highest BCUT2D eigenvalue weighted by Gasteiger charge is 2.31. The molecule has 0 aromatic heterocycles. The van der Waals surface area contributed by atoms with E-state index in [0.29, 0.717) is 13.0 Å². The van der Waals surface area contributed by atoms with Gasteiger partial charge in [-0.3, -0.25) is 9.59 Å². The van der Waals surface area contributed by atoms with Crippen molar-refractivity contribution < 1.29 is 14.7 Å². The van der Waals surface area contributed by atoms with Gasteiger partial charge in [0.05, 0.1) is 5.41 Å². The Morgan fingerprint density at radius 3 is 2.47 bits per heavy atom. The van der Waals surface area contributed by atoms with Crippen molar-refractivity contribution in [2.45, 2.75) is 40.0 Å². The second-order valence-corrected chi connectivity index (χ2v) is 4.77. The lowest BCUT2D eigenvalue weighted by Gasteiger charge is -2.24. The Bertz CT molecular complexity index is 268. The van der Waals surface area contributed by atoms with Crippen molar-refractivity contribution in [1.29, 1.82) is 0 Å². The average molecular weight is 244 g/mol. The first-order chi connectivity index (χ1) is 7.87. The molecule has 0 bridgehead atoms. The van der Waals surface area contributed by atoms with Gasteiger partial charge < -0.3 is 16.2 Å². The molecule has 17 heavy (non-hydrogen) atoms. The molecule has 0 aromatic rings. The van der Waals surface area contributed by atoms with Crippen molar-refractivity contribution in [3.8, 4) is 0 Å². The van der Waals surface area contributed by atoms with Crippen LogP contribution >= 0.6 is 0 Å². The van der Waals surface area contributed by atoms with E-state index >= 15 is 0 Å². The van der Waals surface area contributed by atoms with Gasteiger partial charge in [-0.05, 0) is 32.7 Å². The Kier molecular flexibility index (Phi) is 6.80. The molecule has 0 fully saturated rings. The van der Waals surface area contributed by atoms with Crippen LogP contribution in [-0.4, -0.2) is 30.1 Å². The fourth-order valence-electron chi connectivity index (χ4n) is 1.36. The largest absolute Gasteiger partial charge is 0.481 e. The minimum absolute atomic E-state index is 0.0978. The smallest absolute Gasteiger partial charge is 0.311 e. The maximum atomic E-state index is 11.7. The first-order valence-electron chi connectivity index (χ1n) is 6.08. The van der Waals surface area contributed by atoms with Crippen LogP contribution in [0, 0.1) is 11.3 Å². The van der Waals surface area contributed by atoms with Crippen LogP contribution in [0.4, 0.5) is 0 Å². The summed E-state index contributed by atoms with van der Waals surface area (Å²) >= 11 is 0. The number of hydrogen-bond donors (Lipinski definition) is 3. The molecule has 0 aliphatic carbocycles. The molecule has 4 N–H and O–H groups in total. The highest BCUT2D eigenvalue weighted by molar-refractivity contribution is 5.80. The van der Waals surface area contributed by atoms with Gasteiger partial charge in [-0.2, -0.15) is 0 Å². The summed E-state index contributed by atoms with van der Waals surface area (Å²) in [7, 11) is 0. The topological polar surface area (TPSA) is 92.4 Å². The monoisotopic (exact) mass is 244 g/mol. The second kappa shape index (κ2) is 7.27. The zero-order valence-corrected chi connectivity index (χ0v) is 11.0. The second-order valence-electron chi connectivity index (χ2n) is 4.77. The standard InChI is InChI=1S/C12H24N2O3/c1-4-12(3,11(16)17)8-14-10(15)9(2)6-5-7-13/h9H,4-8,13H2,1-3H3,(H,14,15)(H,16,17). The SMILES string of the molecule is CCC(C)(CNC(=O)C(C)CCCN)C(=O)O. The fourth-order valence-corrected chi connectivity index (χ4v) is 1.36. The number of nitrogens with one attached hydrogen (secondary N) is 1. The first-order valence-corrected chi connectivity index (χ1v) is 6.08. The molecule has 0 aliphatic rings. The van der Waals surface area contributed by atoms with Gasteiger partial charge in [0, 0.05) is 12.5 Å². The molecular weight excluding hydrogens is 220 g/mol. The van der Waals surface area contributed by atoms with Crippen LogP contribution in [0.3, 0.4) is 0 Å². The summed E-state index contributed by atoms with van der Waals surface area (Å²) in [5, 5.41) is 11.8. The third-order valence-electron chi connectivity index (χ3n) is 3.24. The number of carboxylic acids is 1. The average Bonchev–Trinajstić information content (AvgIpc) is 2.31. The maximum absolute atomic E-state index is 11.7. The number of nitrogens with two attached hydrogens (primary N) is 1. The summed E-state index contributed by atoms with van der Waals surface area (Å²) in [5.41, 5.74) is 4.49. The van der Waals surface area contributed by atoms with Crippen molar-refractivity contribution >= 4 is 11.9 Å². The molecule has 0 radical (unpaired) electrons. The number of rotatable bonds is 8. The lowest BCUT2D eigenvalue weighted by atomic mass is 9.87. The van der Waals surface area contributed by atoms with E-state index in [1.165, 1.54) is 0 Å². The number of aliphatic carboxylic acids is 1. The van der Waals surface area contributed by atoms with E-state index in [9.17, 15) is 9.59 Å². The van der Waals surface area contributed by atoms with Crippen molar-refractivity contribution in [3.63, 3.8) is 0 Å². The van der Waals surface area contributed by atoms with Gasteiger partial charge in [-0.15, -0.1) is 0 Å². The summed E-state index contributed by atoms with van der Waals surface area (Å²) in [5.74, 6) is -1.09. The van der Waals surface area contributed by atoms with E-state index in [-0.39, 0.29) is 18.4 Å². The molecule has 5 nitrogen and oxygen atoms in total. The lowest BCUT2D eigenvalue weighted by molar-refractivity contribution is -0.148. The highest BCUT2D eigenvalue weighted by atomic mass is 16.4. The van der Waals surface area contributed by atoms with Crippen LogP contribution in [0.15, 0.2) is 0 Å². The Labute approximate surface area is 103 Å². The van der Waals surface area contributed by atoms with Gasteiger partial charge >= 0.3 is 5.97 Å². The predicted octanol–water partition coefficient (Wildman–Crippen LogP) is 0.979. The minimum Gasteiger partial charge on any atom is -0.481 e. The number of carboxylic acid groups (broad SMARTS) is 1. The molecule has 5 heteroatoms. The summed E-state index contributed by atoms with van der Waals surface area (Å²) in [6.07, 6.45) is 2.02. The predicted molar refractivity (Wildman–Crippen MR) is 66.5 cm³/mol. The summed E-state index contributed by atoms with van der Waals surface area (Å²) in [6.45, 7) is 6.01. The number of carbonyl (C=O) groups is 2. The molecule has 0 rings (SSSR count). The van der Waals surface area contributed by atoms with Crippen LogP contribution in [0.1, 0.15) is 40.0 Å². The van der Waals surface area contributed by atoms with Gasteiger partial charge in [0.25, 0.3) is 0 Å². The van der Waals surface area contributed by atoms with Gasteiger partial charge in [-0.25, -0.2) is 0 Å². The van der Waals surface area contributed by atoms with Crippen molar-refractivity contribution in [2.24, 2.45) is 17.1 Å². The van der Waals surface area contributed by atoms with E-state index < -0.39 is 11.4 Å². The normalized spacial score (nSPS) is 16.0. The molecule has 0 heterocycles. The van der Waals surface area contributed by atoms with E-state index in [4.69, 9.17) is 10.8 Å². The maximum Gasteiger partial charge on any atom is 0.311 e. The Morgan fingerprint density at radius 2 is 2.06 bits per heavy atom. The first kappa shape index (κ1) is 15.9. The zero-order valence-electron chi connectivity index (χ0n) is 11.0. The molecule has 100 valence electrons. The molecule has 0 saturated heterocycles. The molecule has 2 unspecified atom stereocenters. The Morgan fingerprint density at radius 1 is 1.47 bits per heavy atom. The number of hydrogen-bond acceptors (Lipinski definition) is 3. The van der Waals surface area contributed by atoms with Crippen LogP contribution in [0.25, 0.3) is 0 Å². The summed E-state index contributed by atoms with van der Waals surface area (Å²) in [6, 6.07) is 0. The van der Waals surface area contributed by atoms with Crippen LogP contribution < -0.4 is 11.1 Å². The number of amides is 1. The van der Waals surface area contributed by atoms with Gasteiger partial charge in [0.15, 0.2) is 0 Å². The lowest BCUT2D eigenvalue weighted by Crippen LogP contribution is -2.42. The summed E-state index contributed by atoms with van der Waals surface area (Å²) in [4.78, 5) is 22.7. The van der Waals surface area contributed by atoms with E-state index in [0.717, 1.165) is 12.8 Å². The third-order valence-corrected chi connectivity index (χ3v) is 3.24. The van der Waals surface area contributed by atoms with Gasteiger partial charge in [0.2, 0.25) is 5.91 Å². The van der Waals surface area contributed by atoms with Crippen LogP contribution in [-0.2, 0) is 9.59 Å². The highest BCUT2D eigenvalue weighted by Crippen LogP contribution is 2.20. The van der Waals surface area contributed by atoms with Crippen LogP contribution in [0.5, 0.6) is 0 Å². The molecule has 0 saturated carbocycles. The zero-order chi connectivity index (χ0) is 13.5. The Hall–Kier alpha value is -1.10. The van der Waals surface area contributed by atoms with E-state index in [1.54, 1.807) is 13.8 Å². The van der Waals surface area contributed by atoms with Crippen molar-refractivity contribution in [2.75, 3.05) is 13.1 Å². The minimum atomic E-state index is -0.886. The van der Waals surface area contributed by atoms with Gasteiger partial charge in [0.1, 0.15) is 0 Å². The molecule has 2 atom stereocenters. The van der Waals surface area contributed by atoms with E-state index in [2.05, 4.69) is 5.32 Å². The quantitative estimate of drug-likeness (QED) is 0.593. The van der Waals surface area contributed by atoms with Crippen molar-refractivity contribution in [3.05, 3.63) is 0 Å². The molecule has 1 amide bonds. The van der Waals surface area contributed by atoms with Crippen molar-refractivity contribution in [1.82, 2.24) is 5.32 Å². The number of carbonyl (C=O) groups excluding carboxylic acids is 1. The molecule has 0 aromatic carbocycles. The molecular formula is C12H24N2O3. The molecule has 0 aliphatic heterocycles.